The van der Waals surface area contributed by atoms with E-state index in [1.54, 1.807) is 6.08 Å². The minimum Gasteiger partial charge on any atom is -0.386 e. The maximum atomic E-state index is 8.93. The minimum absolute atomic E-state index is 0.451. The molecule has 7 nitrogen and oxygen atoms in total. The normalized spacial score (nSPS) is 14.9. The van der Waals surface area contributed by atoms with E-state index in [0.717, 1.165) is 60.5 Å². The predicted molar refractivity (Wildman–Crippen MR) is 129 cm³/mol. The minimum atomic E-state index is 0.451. The molecule has 0 amide bonds. The third-order valence-electron chi connectivity index (χ3n) is 5.91. The van der Waals surface area contributed by atoms with Crippen LogP contribution in [0.2, 0.25) is 0 Å². The van der Waals surface area contributed by atoms with E-state index in [2.05, 4.69) is 43.9 Å². The number of hydrogen-bond acceptors (Lipinski definition) is 7. The molecule has 2 heterocycles. The standard InChI is InChI=1S/C25H27N7/c1-28-23(10-13-26)24-21-4-2-3-5-22(21)25(31-30-24)32-14-11-20(12-15-32)29-17-19-8-6-18(16-27)7-9-19/h2-10,13,20,26,28-29H,11-12,14-15,17H2,1H3/b23-10-,26-13?. The molecule has 2 aromatic carbocycles. The lowest BCUT2D eigenvalue weighted by molar-refractivity contribution is 0.412. The fourth-order valence-electron chi connectivity index (χ4n) is 4.14. The zero-order valence-electron chi connectivity index (χ0n) is 18.2. The van der Waals surface area contributed by atoms with Crippen molar-refractivity contribution in [2.24, 2.45) is 0 Å². The SMILES string of the molecule is CN/C(=C\C=N)c1nnc(N2CCC(NCc3ccc(C#N)cc3)CC2)c2ccccc12. The van der Waals surface area contributed by atoms with Gasteiger partial charge in [-0.25, -0.2) is 0 Å². The number of rotatable bonds is 7. The maximum absolute atomic E-state index is 8.93. The van der Waals surface area contributed by atoms with Gasteiger partial charge in [0.05, 0.1) is 17.3 Å². The van der Waals surface area contributed by atoms with E-state index in [1.807, 2.05) is 43.4 Å². The van der Waals surface area contributed by atoms with Crippen molar-refractivity contribution >= 4 is 28.5 Å². The number of nitrogens with one attached hydrogen (secondary N) is 3. The topological polar surface area (TPSA) is 101 Å². The van der Waals surface area contributed by atoms with Crippen LogP contribution >= 0.6 is 0 Å². The number of allylic oxidation sites excluding steroid dienone is 1. The van der Waals surface area contributed by atoms with E-state index in [1.165, 1.54) is 11.8 Å². The van der Waals surface area contributed by atoms with Crippen molar-refractivity contribution in [2.45, 2.75) is 25.4 Å². The van der Waals surface area contributed by atoms with Crippen LogP contribution in [-0.2, 0) is 6.54 Å². The quantitative estimate of drug-likeness (QED) is 0.501. The van der Waals surface area contributed by atoms with E-state index in [9.17, 15) is 0 Å². The Hall–Kier alpha value is -3.76. The average Bonchev–Trinajstić information content (AvgIpc) is 2.86. The molecular weight excluding hydrogens is 398 g/mol. The summed E-state index contributed by atoms with van der Waals surface area (Å²) in [5.74, 6) is 0.917. The first-order valence-corrected chi connectivity index (χ1v) is 10.8. The van der Waals surface area contributed by atoms with E-state index >= 15 is 0 Å². The van der Waals surface area contributed by atoms with Crippen LogP contribution in [0.25, 0.3) is 16.5 Å². The van der Waals surface area contributed by atoms with Gasteiger partial charge in [-0.15, -0.1) is 10.2 Å². The Balaban J connectivity index is 1.45. The van der Waals surface area contributed by atoms with Gasteiger partial charge >= 0.3 is 0 Å². The molecule has 0 saturated carbocycles. The van der Waals surface area contributed by atoms with Crippen LogP contribution < -0.4 is 15.5 Å². The first kappa shape index (κ1) is 21.5. The highest BCUT2D eigenvalue weighted by Crippen LogP contribution is 2.30. The van der Waals surface area contributed by atoms with Gasteiger partial charge in [-0.2, -0.15) is 5.26 Å². The molecule has 7 heteroatoms. The predicted octanol–water partition coefficient (Wildman–Crippen LogP) is 3.47. The molecule has 0 bridgehead atoms. The molecular formula is C25H27N7. The smallest absolute Gasteiger partial charge is 0.159 e. The van der Waals surface area contributed by atoms with Crippen molar-refractivity contribution in [2.75, 3.05) is 25.0 Å². The number of anilines is 1. The zero-order valence-corrected chi connectivity index (χ0v) is 18.2. The molecule has 3 aromatic rings. The lowest BCUT2D eigenvalue weighted by Crippen LogP contribution is -2.42. The average molecular weight is 426 g/mol. The van der Waals surface area contributed by atoms with Gasteiger partial charge in [-0.3, -0.25) is 0 Å². The lowest BCUT2D eigenvalue weighted by atomic mass is 10.0. The first-order chi connectivity index (χ1) is 15.7. The van der Waals surface area contributed by atoms with Crippen LogP contribution in [0.4, 0.5) is 5.82 Å². The largest absolute Gasteiger partial charge is 0.386 e. The molecule has 32 heavy (non-hydrogen) atoms. The molecule has 4 rings (SSSR count). The summed E-state index contributed by atoms with van der Waals surface area (Å²) in [4.78, 5) is 2.32. The Morgan fingerprint density at radius 2 is 1.84 bits per heavy atom. The van der Waals surface area contributed by atoms with E-state index < -0.39 is 0 Å². The van der Waals surface area contributed by atoms with Crippen LogP contribution in [-0.4, -0.2) is 42.6 Å². The second-order valence-electron chi connectivity index (χ2n) is 7.87. The van der Waals surface area contributed by atoms with Crippen LogP contribution in [0.3, 0.4) is 0 Å². The Morgan fingerprint density at radius 3 is 2.50 bits per heavy atom. The molecule has 162 valence electrons. The third-order valence-corrected chi connectivity index (χ3v) is 5.91. The van der Waals surface area contributed by atoms with E-state index in [4.69, 9.17) is 10.7 Å². The van der Waals surface area contributed by atoms with Gasteiger partial charge in [0.2, 0.25) is 0 Å². The van der Waals surface area contributed by atoms with Crippen LogP contribution in [0.5, 0.6) is 0 Å². The van der Waals surface area contributed by atoms with Crippen molar-refractivity contribution in [1.82, 2.24) is 20.8 Å². The highest BCUT2D eigenvalue weighted by Gasteiger charge is 2.22. The second kappa shape index (κ2) is 10.0. The fourth-order valence-corrected chi connectivity index (χ4v) is 4.14. The monoisotopic (exact) mass is 425 g/mol. The Morgan fingerprint density at radius 1 is 1.12 bits per heavy atom. The number of aromatic nitrogens is 2. The van der Waals surface area contributed by atoms with Crippen molar-refractivity contribution in [3.8, 4) is 6.07 Å². The molecule has 0 aliphatic carbocycles. The molecule has 1 fully saturated rings. The number of piperidine rings is 1. The molecule has 1 aliphatic heterocycles. The summed E-state index contributed by atoms with van der Waals surface area (Å²) in [5.41, 5.74) is 3.42. The Bertz CT molecular complexity index is 1150. The molecule has 1 aromatic heterocycles. The van der Waals surface area contributed by atoms with Crippen molar-refractivity contribution in [3.05, 3.63) is 71.4 Å². The zero-order chi connectivity index (χ0) is 22.3. The molecule has 0 unspecified atom stereocenters. The highest BCUT2D eigenvalue weighted by atomic mass is 15.3. The Labute approximate surface area is 188 Å². The van der Waals surface area contributed by atoms with Gasteiger partial charge in [0, 0.05) is 49.7 Å². The van der Waals surface area contributed by atoms with Gasteiger partial charge in [0.25, 0.3) is 0 Å². The van der Waals surface area contributed by atoms with Gasteiger partial charge in [-0.05, 0) is 36.6 Å². The van der Waals surface area contributed by atoms with Crippen molar-refractivity contribution in [3.63, 3.8) is 0 Å². The molecule has 0 spiro atoms. The van der Waals surface area contributed by atoms with Crippen LogP contribution in [0, 0.1) is 16.7 Å². The summed E-state index contributed by atoms with van der Waals surface area (Å²) in [6, 6.07) is 18.6. The highest BCUT2D eigenvalue weighted by molar-refractivity contribution is 5.99. The van der Waals surface area contributed by atoms with Crippen molar-refractivity contribution in [1.29, 1.82) is 10.7 Å². The van der Waals surface area contributed by atoms with Gasteiger partial charge in [-0.1, -0.05) is 36.4 Å². The molecule has 1 saturated heterocycles. The molecule has 0 atom stereocenters. The second-order valence-corrected chi connectivity index (χ2v) is 7.87. The van der Waals surface area contributed by atoms with E-state index in [0.29, 0.717) is 11.6 Å². The van der Waals surface area contributed by atoms with Gasteiger partial charge in [0.1, 0.15) is 5.69 Å². The summed E-state index contributed by atoms with van der Waals surface area (Å²) >= 11 is 0. The lowest BCUT2D eigenvalue weighted by Gasteiger charge is -2.33. The maximum Gasteiger partial charge on any atom is 0.159 e. The number of benzene rings is 2. The fraction of sp³-hybridized carbons (Fsp3) is 0.280. The molecule has 0 radical (unpaired) electrons. The molecule has 1 aliphatic rings. The van der Waals surface area contributed by atoms with E-state index in [-0.39, 0.29) is 0 Å². The molecule has 3 N–H and O–H groups in total. The van der Waals surface area contributed by atoms with Gasteiger partial charge < -0.3 is 20.9 Å². The third kappa shape index (κ3) is 4.61. The van der Waals surface area contributed by atoms with Crippen LogP contribution in [0.1, 0.15) is 29.7 Å². The summed E-state index contributed by atoms with van der Waals surface area (Å²) < 4.78 is 0. The Kier molecular flexibility index (Phi) is 6.73. The van der Waals surface area contributed by atoms with Crippen LogP contribution in [0.15, 0.2) is 54.6 Å². The van der Waals surface area contributed by atoms with Crippen molar-refractivity contribution < 1.29 is 0 Å². The number of nitrogens with zero attached hydrogens (tertiary/aromatic N) is 4. The summed E-state index contributed by atoms with van der Waals surface area (Å²) in [5, 5.41) is 34.3. The first-order valence-electron chi connectivity index (χ1n) is 10.8. The van der Waals surface area contributed by atoms with Gasteiger partial charge in [0.15, 0.2) is 5.82 Å². The summed E-state index contributed by atoms with van der Waals surface area (Å²) in [6.45, 7) is 2.64. The summed E-state index contributed by atoms with van der Waals surface area (Å²) in [6.07, 6.45) is 5.01. The number of fused-ring (bicyclic) bond motifs is 1. The summed E-state index contributed by atoms with van der Waals surface area (Å²) in [7, 11) is 1.83. The number of nitriles is 1. The number of hydrogen-bond donors (Lipinski definition) is 3.